The van der Waals surface area contributed by atoms with Gasteiger partial charge in [-0.25, -0.2) is 0 Å². The number of anilines is 1. The number of hydrogen-bond donors (Lipinski definition) is 2. The summed E-state index contributed by atoms with van der Waals surface area (Å²) in [4.78, 5) is 27.1. The zero-order valence-corrected chi connectivity index (χ0v) is 16.3. The molecule has 2 atom stereocenters. The largest absolute Gasteiger partial charge is 0.378 e. The van der Waals surface area contributed by atoms with Crippen molar-refractivity contribution < 1.29 is 14.3 Å². The molecule has 2 amide bonds. The quantitative estimate of drug-likeness (QED) is 0.787. The lowest BCUT2D eigenvalue weighted by molar-refractivity contribution is -0.136. The molecular formula is C18H28ClN5O3. The molecule has 3 heterocycles. The molecule has 1 saturated carbocycles. The third-order valence-electron chi connectivity index (χ3n) is 6.03. The topological polar surface area (TPSA) is 88.5 Å². The van der Waals surface area contributed by atoms with Gasteiger partial charge in [-0.15, -0.1) is 12.4 Å². The summed E-state index contributed by atoms with van der Waals surface area (Å²) >= 11 is 0. The van der Waals surface area contributed by atoms with E-state index in [2.05, 4.69) is 15.7 Å². The van der Waals surface area contributed by atoms with Gasteiger partial charge in [0.05, 0.1) is 18.6 Å². The van der Waals surface area contributed by atoms with E-state index in [4.69, 9.17) is 4.74 Å². The smallest absolute Gasteiger partial charge is 0.244 e. The van der Waals surface area contributed by atoms with E-state index in [9.17, 15) is 9.59 Å². The van der Waals surface area contributed by atoms with Gasteiger partial charge in [0.1, 0.15) is 6.54 Å². The minimum absolute atomic E-state index is 0. The van der Waals surface area contributed by atoms with Crippen LogP contribution in [0.3, 0.4) is 0 Å². The SMILES string of the molecule is Cl.O=C(Cn1ccc(NC(=O)[C@@]23CCCC[C@H]2CNC3)n1)N1CCOCC1. The molecule has 3 fully saturated rings. The van der Waals surface area contributed by atoms with Crippen LogP contribution in [0.2, 0.25) is 0 Å². The first kappa shape index (κ1) is 20.1. The van der Waals surface area contributed by atoms with Crippen LogP contribution in [0.1, 0.15) is 25.7 Å². The highest BCUT2D eigenvalue weighted by Gasteiger charge is 2.49. The Balaban J connectivity index is 0.00000210. The Hall–Kier alpha value is -1.64. The number of carbonyl (C=O) groups is 2. The van der Waals surface area contributed by atoms with Crippen LogP contribution in [0.5, 0.6) is 0 Å². The Morgan fingerprint density at radius 3 is 2.96 bits per heavy atom. The average Bonchev–Trinajstić information content (AvgIpc) is 3.29. The molecule has 2 aliphatic heterocycles. The Bertz CT molecular complexity index is 676. The van der Waals surface area contributed by atoms with Crippen molar-refractivity contribution in [2.45, 2.75) is 32.2 Å². The van der Waals surface area contributed by atoms with Gasteiger partial charge in [-0.2, -0.15) is 5.10 Å². The van der Waals surface area contributed by atoms with Gasteiger partial charge in [-0.3, -0.25) is 14.3 Å². The van der Waals surface area contributed by atoms with Crippen molar-refractivity contribution in [3.63, 3.8) is 0 Å². The third-order valence-corrected chi connectivity index (χ3v) is 6.03. The third kappa shape index (κ3) is 4.12. The predicted octanol–water partition coefficient (Wildman–Crippen LogP) is 0.882. The highest BCUT2D eigenvalue weighted by Crippen LogP contribution is 2.44. The highest BCUT2D eigenvalue weighted by molar-refractivity contribution is 5.95. The maximum Gasteiger partial charge on any atom is 0.244 e. The molecule has 9 heteroatoms. The van der Waals surface area contributed by atoms with E-state index < -0.39 is 0 Å². The van der Waals surface area contributed by atoms with Crippen molar-refractivity contribution in [1.29, 1.82) is 0 Å². The lowest BCUT2D eigenvalue weighted by atomic mass is 9.67. The number of fused-ring (bicyclic) bond motifs is 1. The monoisotopic (exact) mass is 397 g/mol. The maximum atomic E-state index is 13.0. The summed E-state index contributed by atoms with van der Waals surface area (Å²) in [7, 11) is 0. The summed E-state index contributed by atoms with van der Waals surface area (Å²) in [6.45, 7) is 4.29. The molecule has 1 aliphatic carbocycles. The van der Waals surface area contributed by atoms with Crippen LogP contribution in [0, 0.1) is 11.3 Å². The standard InChI is InChI=1S/C18H27N5O3.ClH/c24-16(22-7-9-26-10-8-22)12-23-6-4-15(21-23)20-17(25)18-5-2-1-3-14(18)11-19-13-18;/h4,6,14,19H,1-3,5,7-13H2,(H,20,21,25);1H/t14-,18+;/m0./s1. The Labute approximate surface area is 165 Å². The van der Waals surface area contributed by atoms with Crippen LogP contribution in [0.15, 0.2) is 12.3 Å². The number of aromatic nitrogens is 2. The molecule has 0 aromatic carbocycles. The fourth-order valence-electron chi connectivity index (χ4n) is 4.50. The van der Waals surface area contributed by atoms with Crippen LogP contribution in [-0.2, 0) is 20.9 Å². The number of nitrogens with one attached hydrogen (secondary N) is 2. The van der Waals surface area contributed by atoms with Gasteiger partial charge in [0.25, 0.3) is 0 Å². The zero-order valence-electron chi connectivity index (χ0n) is 15.5. The first-order valence-electron chi connectivity index (χ1n) is 9.58. The Morgan fingerprint density at radius 2 is 2.15 bits per heavy atom. The van der Waals surface area contributed by atoms with E-state index in [1.807, 2.05) is 0 Å². The molecule has 8 nitrogen and oxygen atoms in total. The fourth-order valence-corrected chi connectivity index (χ4v) is 4.50. The molecule has 150 valence electrons. The van der Waals surface area contributed by atoms with Crippen molar-refractivity contribution in [2.24, 2.45) is 11.3 Å². The second kappa shape index (κ2) is 8.58. The van der Waals surface area contributed by atoms with Crippen LogP contribution < -0.4 is 10.6 Å². The first-order chi connectivity index (χ1) is 12.7. The van der Waals surface area contributed by atoms with E-state index in [0.717, 1.165) is 32.4 Å². The average molecular weight is 398 g/mol. The summed E-state index contributed by atoms with van der Waals surface area (Å²) < 4.78 is 6.86. The first-order valence-corrected chi connectivity index (χ1v) is 9.58. The Kier molecular flexibility index (Phi) is 6.39. The van der Waals surface area contributed by atoms with Gasteiger partial charge in [-0.05, 0) is 25.3 Å². The van der Waals surface area contributed by atoms with E-state index in [1.165, 1.54) is 6.42 Å². The van der Waals surface area contributed by atoms with Crippen molar-refractivity contribution >= 4 is 30.0 Å². The molecule has 0 unspecified atom stereocenters. The summed E-state index contributed by atoms with van der Waals surface area (Å²) in [5.41, 5.74) is -0.300. The van der Waals surface area contributed by atoms with E-state index in [1.54, 1.807) is 21.8 Å². The molecule has 2 N–H and O–H groups in total. The molecule has 1 aromatic rings. The highest BCUT2D eigenvalue weighted by atomic mass is 35.5. The Morgan fingerprint density at radius 1 is 1.33 bits per heavy atom. The fraction of sp³-hybridized carbons (Fsp3) is 0.722. The minimum atomic E-state index is -0.300. The summed E-state index contributed by atoms with van der Waals surface area (Å²) in [6.07, 6.45) is 6.11. The number of hydrogen-bond acceptors (Lipinski definition) is 5. The van der Waals surface area contributed by atoms with Gasteiger partial charge in [-0.1, -0.05) is 12.8 Å². The summed E-state index contributed by atoms with van der Waals surface area (Å²) in [5.74, 6) is 1.04. The number of ether oxygens (including phenoxy) is 1. The van der Waals surface area contributed by atoms with Crippen molar-refractivity contribution in [2.75, 3.05) is 44.7 Å². The molecular weight excluding hydrogens is 370 g/mol. The van der Waals surface area contributed by atoms with Crippen LogP contribution >= 0.6 is 12.4 Å². The van der Waals surface area contributed by atoms with Gasteiger partial charge >= 0.3 is 0 Å². The second-order valence-corrected chi connectivity index (χ2v) is 7.58. The van der Waals surface area contributed by atoms with Gasteiger partial charge < -0.3 is 20.3 Å². The molecule has 3 aliphatic rings. The van der Waals surface area contributed by atoms with Crippen molar-refractivity contribution in [3.8, 4) is 0 Å². The molecule has 0 spiro atoms. The van der Waals surface area contributed by atoms with Crippen LogP contribution in [-0.4, -0.2) is 65.9 Å². The van der Waals surface area contributed by atoms with Gasteiger partial charge in [0.2, 0.25) is 11.8 Å². The summed E-state index contributed by atoms with van der Waals surface area (Å²) in [5, 5.41) is 10.8. The zero-order chi connectivity index (χ0) is 18.0. The lowest BCUT2D eigenvalue weighted by Gasteiger charge is -2.36. The van der Waals surface area contributed by atoms with Crippen LogP contribution in [0.4, 0.5) is 5.82 Å². The number of halogens is 1. The van der Waals surface area contributed by atoms with E-state index in [0.29, 0.717) is 38.0 Å². The van der Waals surface area contributed by atoms with Gasteiger partial charge in [0, 0.05) is 31.9 Å². The summed E-state index contributed by atoms with van der Waals surface area (Å²) in [6, 6.07) is 1.77. The normalized spacial score (nSPS) is 27.6. The molecule has 27 heavy (non-hydrogen) atoms. The van der Waals surface area contributed by atoms with Crippen LogP contribution in [0.25, 0.3) is 0 Å². The number of nitrogens with zero attached hydrogens (tertiary/aromatic N) is 3. The number of amides is 2. The molecule has 0 radical (unpaired) electrons. The number of rotatable bonds is 4. The van der Waals surface area contributed by atoms with E-state index in [-0.39, 0.29) is 36.2 Å². The van der Waals surface area contributed by atoms with E-state index >= 15 is 0 Å². The lowest BCUT2D eigenvalue weighted by Crippen LogP contribution is -2.44. The second-order valence-electron chi connectivity index (χ2n) is 7.58. The number of morpholine rings is 1. The molecule has 2 saturated heterocycles. The molecule has 1 aromatic heterocycles. The molecule has 4 rings (SSSR count). The minimum Gasteiger partial charge on any atom is -0.378 e. The van der Waals surface area contributed by atoms with Gasteiger partial charge in [0.15, 0.2) is 5.82 Å². The maximum absolute atomic E-state index is 13.0. The number of carbonyl (C=O) groups excluding carboxylic acids is 2. The van der Waals surface area contributed by atoms with Crippen molar-refractivity contribution in [3.05, 3.63) is 12.3 Å². The molecule has 0 bridgehead atoms. The predicted molar refractivity (Wildman–Crippen MR) is 103 cm³/mol. The van der Waals surface area contributed by atoms with Crippen molar-refractivity contribution in [1.82, 2.24) is 20.0 Å².